The van der Waals surface area contributed by atoms with E-state index in [-0.39, 0.29) is 30.6 Å². The number of ether oxygens (including phenoxy) is 1. The van der Waals surface area contributed by atoms with Crippen LogP contribution in [0.2, 0.25) is 0 Å². The second-order valence-corrected chi connectivity index (χ2v) is 3.72. The van der Waals surface area contributed by atoms with Gasteiger partial charge in [-0.15, -0.1) is 0 Å². The lowest BCUT2D eigenvalue weighted by Crippen LogP contribution is -2.08. The van der Waals surface area contributed by atoms with Crippen molar-refractivity contribution >= 4 is 11.9 Å². The number of benzene rings is 1. The Hall–Kier alpha value is -2.07. The Morgan fingerprint density at radius 1 is 1.21 bits per heavy atom. The predicted molar refractivity (Wildman–Crippen MR) is 60.5 cm³/mol. The second-order valence-electron chi connectivity index (χ2n) is 3.72. The minimum absolute atomic E-state index is 0.0941. The Bertz CT molecular complexity index is 534. The highest BCUT2D eigenvalue weighted by Crippen LogP contribution is 2.17. The van der Waals surface area contributed by atoms with Crippen LogP contribution in [0.25, 0.3) is 0 Å². The van der Waals surface area contributed by atoms with E-state index in [2.05, 4.69) is 4.74 Å². The smallest absolute Gasteiger partial charge is 0.310 e. The molecule has 0 unspecified atom stereocenters. The van der Waals surface area contributed by atoms with Crippen LogP contribution in [-0.4, -0.2) is 18.5 Å². The fraction of sp³-hybridized carbons (Fsp3) is 0.308. The van der Waals surface area contributed by atoms with Crippen molar-refractivity contribution in [3.05, 3.63) is 40.7 Å². The predicted octanol–water partition coefficient (Wildman–Crippen LogP) is 2.36. The van der Waals surface area contributed by atoms with Gasteiger partial charge in [0.25, 0.3) is 0 Å². The molecule has 0 aromatic heterocycles. The van der Waals surface area contributed by atoms with Gasteiger partial charge in [0.15, 0.2) is 11.6 Å². The Morgan fingerprint density at radius 2 is 1.84 bits per heavy atom. The maximum atomic E-state index is 13.3. The van der Waals surface area contributed by atoms with Crippen LogP contribution in [0.15, 0.2) is 17.7 Å². The Morgan fingerprint density at radius 3 is 2.42 bits per heavy atom. The van der Waals surface area contributed by atoms with Crippen molar-refractivity contribution in [2.24, 2.45) is 0 Å². The fourth-order valence-corrected chi connectivity index (χ4v) is 1.45. The molecule has 0 saturated carbocycles. The summed E-state index contributed by atoms with van der Waals surface area (Å²) in [4.78, 5) is 21.8. The van der Waals surface area contributed by atoms with Gasteiger partial charge in [0, 0.05) is 18.1 Å². The van der Waals surface area contributed by atoms with Gasteiger partial charge < -0.3 is 4.74 Å². The molecule has 0 saturated heterocycles. The van der Waals surface area contributed by atoms with Crippen LogP contribution in [0.4, 0.5) is 13.2 Å². The highest BCUT2D eigenvalue weighted by Gasteiger charge is 2.14. The van der Waals surface area contributed by atoms with Gasteiger partial charge in [-0.3, -0.25) is 4.79 Å². The number of esters is 1. The van der Waals surface area contributed by atoms with Crippen LogP contribution < -0.4 is 0 Å². The molecule has 0 heterocycles. The molecule has 0 atom stereocenters. The lowest BCUT2D eigenvalue weighted by Gasteiger charge is -2.06. The summed E-state index contributed by atoms with van der Waals surface area (Å²) in [5.41, 5.74) is -0.315. The van der Waals surface area contributed by atoms with E-state index in [0.29, 0.717) is 12.1 Å². The lowest BCUT2D eigenvalue weighted by atomic mass is 10.0. The number of carbonyl (C=O) groups excluding carboxylic acids is 2. The van der Waals surface area contributed by atoms with Gasteiger partial charge in [-0.1, -0.05) is 0 Å². The molecule has 3 nitrogen and oxygen atoms in total. The van der Waals surface area contributed by atoms with Crippen LogP contribution in [0, 0.1) is 17.5 Å². The van der Waals surface area contributed by atoms with E-state index in [1.165, 1.54) is 5.94 Å². The van der Waals surface area contributed by atoms with E-state index in [9.17, 15) is 22.8 Å². The van der Waals surface area contributed by atoms with Crippen LogP contribution in [0.5, 0.6) is 0 Å². The number of carbonyl (C=O) groups is 1. The highest BCUT2D eigenvalue weighted by atomic mass is 19.2. The van der Waals surface area contributed by atoms with Gasteiger partial charge in [-0.25, -0.2) is 18.0 Å². The van der Waals surface area contributed by atoms with Crippen molar-refractivity contribution in [2.45, 2.75) is 19.8 Å². The molecule has 1 aromatic rings. The van der Waals surface area contributed by atoms with Crippen LogP contribution in [0.3, 0.4) is 0 Å². The molecule has 0 amide bonds. The molecule has 6 heteroatoms. The Balaban J connectivity index is 2.85. The summed E-state index contributed by atoms with van der Waals surface area (Å²) in [5.74, 6) is -2.71. The molecule has 1 aromatic carbocycles. The SMILES string of the molecule is CCOC(=O)CC(=C=O)Cc1cc(F)c(F)cc1F. The van der Waals surface area contributed by atoms with Crippen molar-refractivity contribution in [3.63, 3.8) is 0 Å². The minimum atomic E-state index is -1.32. The molecule has 0 radical (unpaired) electrons. The fourth-order valence-electron chi connectivity index (χ4n) is 1.45. The molecule has 0 aliphatic rings. The summed E-state index contributed by atoms with van der Waals surface area (Å²) in [6.07, 6.45) is -0.693. The summed E-state index contributed by atoms with van der Waals surface area (Å²) in [6.45, 7) is 1.74. The standard InChI is InChI=1S/C13H11F3O3/c1-2-19-13(18)4-8(7-17)3-9-5-11(15)12(16)6-10(9)14/h5-6H,2-4H2,1H3. The summed E-state index contributed by atoms with van der Waals surface area (Å²) in [7, 11) is 0. The van der Waals surface area contributed by atoms with Gasteiger partial charge in [-0.05, 0) is 18.6 Å². The van der Waals surface area contributed by atoms with Crippen molar-refractivity contribution in [3.8, 4) is 0 Å². The number of rotatable bonds is 5. The van der Waals surface area contributed by atoms with Gasteiger partial charge in [-0.2, -0.15) is 0 Å². The van der Waals surface area contributed by atoms with E-state index >= 15 is 0 Å². The van der Waals surface area contributed by atoms with E-state index in [1.54, 1.807) is 6.92 Å². The first-order valence-electron chi connectivity index (χ1n) is 5.49. The molecule has 0 aliphatic heterocycles. The summed E-state index contributed by atoms with van der Waals surface area (Å²) in [5, 5.41) is 0. The first-order chi connectivity index (χ1) is 8.97. The first kappa shape index (κ1) is 15.0. The lowest BCUT2D eigenvalue weighted by molar-refractivity contribution is -0.142. The summed E-state index contributed by atoms with van der Waals surface area (Å²) >= 11 is 0. The third kappa shape index (κ3) is 4.26. The molecule has 0 bridgehead atoms. The molecule has 1 rings (SSSR count). The van der Waals surface area contributed by atoms with Crippen molar-refractivity contribution in [1.29, 1.82) is 0 Å². The number of halogens is 3. The average Bonchev–Trinajstić information content (AvgIpc) is 2.35. The Labute approximate surface area is 107 Å². The molecule has 0 fully saturated rings. The third-order valence-corrected chi connectivity index (χ3v) is 2.30. The molecule has 0 spiro atoms. The monoisotopic (exact) mass is 272 g/mol. The van der Waals surface area contributed by atoms with Gasteiger partial charge >= 0.3 is 5.97 Å². The highest BCUT2D eigenvalue weighted by molar-refractivity contribution is 5.76. The normalized spacial score (nSPS) is 9.89. The zero-order valence-corrected chi connectivity index (χ0v) is 10.1. The second kappa shape index (κ2) is 6.75. The van der Waals surface area contributed by atoms with Gasteiger partial charge in [0.05, 0.1) is 13.0 Å². The maximum absolute atomic E-state index is 13.3. The average molecular weight is 272 g/mol. The van der Waals surface area contributed by atoms with E-state index < -0.39 is 23.4 Å². The van der Waals surface area contributed by atoms with Gasteiger partial charge in [0.2, 0.25) is 0 Å². The molecular formula is C13H11F3O3. The zero-order chi connectivity index (χ0) is 14.4. The van der Waals surface area contributed by atoms with E-state index in [0.717, 1.165) is 0 Å². The van der Waals surface area contributed by atoms with Gasteiger partial charge in [0.1, 0.15) is 11.8 Å². The summed E-state index contributed by atoms with van der Waals surface area (Å²) in [6, 6.07) is 1.03. The van der Waals surface area contributed by atoms with E-state index in [4.69, 9.17) is 0 Å². The molecule has 0 aliphatic carbocycles. The van der Waals surface area contributed by atoms with Crippen molar-refractivity contribution in [1.82, 2.24) is 0 Å². The van der Waals surface area contributed by atoms with Crippen LogP contribution in [0.1, 0.15) is 18.9 Å². The van der Waals surface area contributed by atoms with Crippen molar-refractivity contribution < 1.29 is 27.5 Å². The first-order valence-corrected chi connectivity index (χ1v) is 5.49. The Kier molecular flexibility index (Phi) is 5.33. The van der Waals surface area contributed by atoms with Crippen LogP contribution >= 0.6 is 0 Å². The largest absolute Gasteiger partial charge is 0.466 e. The van der Waals surface area contributed by atoms with Crippen LogP contribution in [-0.2, 0) is 20.7 Å². The maximum Gasteiger partial charge on any atom is 0.310 e. The summed E-state index contributed by atoms with van der Waals surface area (Å²) < 4.78 is 43.6. The molecule has 0 N–H and O–H groups in total. The third-order valence-electron chi connectivity index (χ3n) is 2.30. The molecule has 102 valence electrons. The molecule has 19 heavy (non-hydrogen) atoms. The zero-order valence-electron chi connectivity index (χ0n) is 10.1. The number of hydrogen-bond donors (Lipinski definition) is 0. The van der Waals surface area contributed by atoms with E-state index in [1.807, 2.05) is 0 Å². The minimum Gasteiger partial charge on any atom is -0.466 e. The number of hydrogen-bond acceptors (Lipinski definition) is 3. The molecular weight excluding hydrogens is 261 g/mol. The quantitative estimate of drug-likeness (QED) is 0.469. The van der Waals surface area contributed by atoms with Crippen molar-refractivity contribution in [2.75, 3.05) is 6.61 Å². The topological polar surface area (TPSA) is 43.4 Å².